The van der Waals surface area contributed by atoms with Crippen LogP contribution in [0.2, 0.25) is 0 Å². The third-order valence-corrected chi connectivity index (χ3v) is 3.80. The Morgan fingerprint density at radius 2 is 2.14 bits per heavy atom. The highest BCUT2D eigenvalue weighted by molar-refractivity contribution is 6.00. The van der Waals surface area contributed by atoms with Crippen molar-refractivity contribution in [1.29, 1.82) is 0 Å². The number of carbonyl (C=O) groups excluding carboxylic acids is 1. The molecule has 2 aliphatic rings. The number of anilines is 2. The topological polar surface area (TPSA) is 92.9 Å². The summed E-state index contributed by atoms with van der Waals surface area (Å²) in [6.07, 6.45) is 5.67. The molecule has 2 N–H and O–H groups in total. The van der Waals surface area contributed by atoms with E-state index in [2.05, 4.69) is 25.9 Å². The van der Waals surface area contributed by atoms with Crippen LogP contribution in [-0.2, 0) is 4.79 Å². The molecule has 106 valence electrons. The third kappa shape index (κ3) is 1.97. The molecule has 0 amide bonds. The number of allylic oxidation sites excluding steroid dienone is 1. The first-order valence-electron chi connectivity index (χ1n) is 6.85. The summed E-state index contributed by atoms with van der Waals surface area (Å²) in [5.74, 6) is 1.17. The van der Waals surface area contributed by atoms with E-state index in [1.165, 1.54) is 0 Å². The number of rotatable bonds is 1. The first-order valence-corrected chi connectivity index (χ1v) is 6.85. The van der Waals surface area contributed by atoms with E-state index in [4.69, 9.17) is 4.63 Å². The van der Waals surface area contributed by atoms with Gasteiger partial charge in [-0.3, -0.25) is 9.78 Å². The predicted octanol–water partition coefficient (Wildman–Crippen LogP) is 2.05. The number of pyridine rings is 1. The fourth-order valence-electron chi connectivity index (χ4n) is 2.84. The number of aromatic nitrogens is 3. The molecule has 0 radical (unpaired) electrons. The highest BCUT2D eigenvalue weighted by Crippen LogP contribution is 2.38. The van der Waals surface area contributed by atoms with E-state index in [1.54, 1.807) is 12.4 Å². The Balaban J connectivity index is 1.87. The summed E-state index contributed by atoms with van der Waals surface area (Å²) >= 11 is 0. The minimum absolute atomic E-state index is 0.146. The second kappa shape index (κ2) is 4.69. The molecule has 2 aromatic rings. The molecule has 3 heterocycles. The van der Waals surface area contributed by atoms with Crippen molar-refractivity contribution in [1.82, 2.24) is 15.3 Å². The first kappa shape index (κ1) is 12.1. The van der Waals surface area contributed by atoms with Gasteiger partial charge in [0.25, 0.3) is 0 Å². The van der Waals surface area contributed by atoms with Crippen molar-refractivity contribution in [2.24, 2.45) is 0 Å². The van der Waals surface area contributed by atoms with E-state index in [1.807, 2.05) is 12.1 Å². The van der Waals surface area contributed by atoms with Gasteiger partial charge < -0.3 is 10.6 Å². The van der Waals surface area contributed by atoms with E-state index in [0.29, 0.717) is 18.1 Å². The zero-order valence-electron chi connectivity index (χ0n) is 11.2. The molecule has 4 rings (SSSR count). The van der Waals surface area contributed by atoms with Gasteiger partial charge in [0.1, 0.15) is 0 Å². The number of fused-ring (bicyclic) bond motifs is 1. The summed E-state index contributed by atoms with van der Waals surface area (Å²) in [6, 6.07) is 3.50. The molecule has 2 aromatic heterocycles. The Bertz CT molecular complexity index is 722. The predicted molar refractivity (Wildman–Crippen MR) is 74.4 cm³/mol. The van der Waals surface area contributed by atoms with Crippen LogP contribution in [0.4, 0.5) is 11.6 Å². The average molecular weight is 283 g/mol. The standard InChI is InChI=1S/C14H13N5O2/c20-10-5-1-4-9-11(10)12(8-3-2-6-15-7-8)17-14-13(16-9)18-21-19-14/h2-3,6-7,12H,1,4-5H2,(H,16,18)(H,17,19). The molecule has 1 aliphatic heterocycles. The van der Waals surface area contributed by atoms with E-state index in [-0.39, 0.29) is 11.8 Å². The van der Waals surface area contributed by atoms with Gasteiger partial charge in [0, 0.05) is 30.1 Å². The minimum Gasteiger partial charge on any atom is -0.353 e. The number of nitrogens with zero attached hydrogens (tertiary/aromatic N) is 3. The maximum absolute atomic E-state index is 12.4. The minimum atomic E-state index is -0.290. The van der Waals surface area contributed by atoms with E-state index in [0.717, 1.165) is 29.7 Å². The SMILES string of the molecule is O=C1CCCC2=C1C(c1cccnc1)Nc1nonc1N2. The normalized spacial score (nSPS) is 21.0. The summed E-state index contributed by atoms with van der Waals surface area (Å²) in [5.41, 5.74) is 2.55. The third-order valence-electron chi connectivity index (χ3n) is 3.80. The van der Waals surface area contributed by atoms with Crippen LogP contribution >= 0.6 is 0 Å². The Kier molecular flexibility index (Phi) is 2.70. The van der Waals surface area contributed by atoms with Crippen LogP contribution in [0.5, 0.6) is 0 Å². The summed E-state index contributed by atoms with van der Waals surface area (Å²) in [6.45, 7) is 0. The molecule has 1 unspecified atom stereocenters. The van der Waals surface area contributed by atoms with Gasteiger partial charge in [-0.1, -0.05) is 6.07 Å². The van der Waals surface area contributed by atoms with E-state index < -0.39 is 0 Å². The quantitative estimate of drug-likeness (QED) is 0.827. The molecule has 7 nitrogen and oxygen atoms in total. The van der Waals surface area contributed by atoms with Crippen molar-refractivity contribution >= 4 is 17.4 Å². The van der Waals surface area contributed by atoms with Crippen molar-refractivity contribution < 1.29 is 9.42 Å². The summed E-state index contributed by atoms with van der Waals surface area (Å²) in [5, 5.41) is 14.1. The van der Waals surface area contributed by atoms with Crippen LogP contribution in [0.1, 0.15) is 30.9 Å². The molecule has 21 heavy (non-hydrogen) atoms. The number of nitrogens with one attached hydrogen (secondary N) is 2. The van der Waals surface area contributed by atoms with Crippen LogP contribution < -0.4 is 10.6 Å². The molecule has 0 fully saturated rings. The monoisotopic (exact) mass is 283 g/mol. The molecule has 0 spiro atoms. The Hall–Kier alpha value is -2.70. The van der Waals surface area contributed by atoms with Gasteiger partial charge in [-0.05, 0) is 34.8 Å². The van der Waals surface area contributed by atoms with Crippen molar-refractivity contribution in [2.75, 3.05) is 10.6 Å². The van der Waals surface area contributed by atoms with Gasteiger partial charge in [-0.15, -0.1) is 0 Å². The molecule has 0 saturated carbocycles. The lowest BCUT2D eigenvalue weighted by Gasteiger charge is -2.24. The zero-order chi connectivity index (χ0) is 14.2. The van der Waals surface area contributed by atoms with Crippen LogP contribution in [0.3, 0.4) is 0 Å². The fourth-order valence-corrected chi connectivity index (χ4v) is 2.84. The van der Waals surface area contributed by atoms with Gasteiger partial charge in [0.15, 0.2) is 5.78 Å². The van der Waals surface area contributed by atoms with Crippen LogP contribution in [0.15, 0.2) is 40.4 Å². The van der Waals surface area contributed by atoms with Crippen molar-refractivity contribution in [3.05, 3.63) is 41.4 Å². The molecular weight excluding hydrogens is 270 g/mol. The van der Waals surface area contributed by atoms with Crippen LogP contribution in [-0.4, -0.2) is 21.1 Å². The van der Waals surface area contributed by atoms with E-state index >= 15 is 0 Å². The smallest absolute Gasteiger partial charge is 0.219 e. The number of hydrogen-bond donors (Lipinski definition) is 2. The second-order valence-corrected chi connectivity index (χ2v) is 5.12. The van der Waals surface area contributed by atoms with Gasteiger partial charge in [-0.25, -0.2) is 4.63 Å². The summed E-state index contributed by atoms with van der Waals surface area (Å²) in [7, 11) is 0. The average Bonchev–Trinajstić information content (AvgIpc) is 2.87. The first-order chi connectivity index (χ1) is 10.3. The van der Waals surface area contributed by atoms with Crippen molar-refractivity contribution in [2.45, 2.75) is 25.3 Å². The maximum atomic E-state index is 12.4. The lowest BCUT2D eigenvalue weighted by molar-refractivity contribution is -0.116. The van der Waals surface area contributed by atoms with Gasteiger partial charge >= 0.3 is 0 Å². The van der Waals surface area contributed by atoms with Gasteiger partial charge in [0.2, 0.25) is 11.6 Å². The molecule has 0 aromatic carbocycles. The number of ketones is 1. The van der Waals surface area contributed by atoms with Gasteiger partial charge in [0.05, 0.1) is 6.04 Å². The molecular formula is C14H13N5O2. The summed E-state index contributed by atoms with van der Waals surface area (Å²) in [4.78, 5) is 16.6. The van der Waals surface area contributed by atoms with Crippen molar-refractivity contribution in [3.63, 3.8) is 0 Å². The highest BCUT2D eigenvalue weighted by atomic mass is 16.6. The van der Waals surface area contributed by atoms with Gasteiger partial charge in [-0.2, -0.15) is 0 Å². The molecule has 0 bridgehead atoms. The lowest BCUT2D eigenvalue weighted by atomic mass is 9.87. The number of hydrogen-bond acceptors (Lipinski definition) is 7. The lowest BCUT2D eigenvalue weighted by Crippen LogP contribution is -2.23. The fraction of sp³-hybridized carbons (Fsp3) is 0.286. The molecule has 7 heteroatoms. The Labute approximate surface area is 120 Å². The molecule has 1 atom stereocenters. The summed E-state index contributed by atoms with van der Waals surface area (Å²) < 4.78 is 4.77. The van der Waals surface area contributed by atoms with Crippen LogP contribution in [0, 0.1) is 0 Å². The molecule has 0 saturated heterocycles. The largest absolute Gasteiger partial charge is 0.353 e. The zero-order valence-corrected chi connectivity index (χ0v) is 11.2. The highest BCUT2D eigenvalue weighted by Gasteiger charge is 2.33. The second-order valence-electron chi connectivity index (χ2n) is 5.12. The Morgan fingerprint density at radius 1 is 1.24 bits per heavy atom. The molecule has 1 aliphatic carbocycles. The number of Topliss-reactive ketones (excluding diaryl/α,β-unsaturated/α-hetero) is 1. The van der Waals surface area contributed by atoms with Crippen molar-refractivity contribution in [3.8, 4) is 0 Å². The maximum Gasteiger partial charge on any atom is 0.219 e. The number of carbonyl (C=O) groups is 1. The van der Waals surface area contributed by atoms with E-state index in [9.17, 15) is 4.79 Å². The Morgan fingerprint density at radius 3 is 3.00 bits per heavy atom. The van der Waals surface area contributed by atoms with Crippen LogP contribution in [0.25, 0.3) is 0 Å².